The van der Waals surface area contributed by atoms with E-state index in [2.05, 4.69) is 31.4 Å². The molecule has 1 amide bonds. The van der Waals surface area contributed by atoms with Crippen molar-refractivity contribution < 1.29 is 4.79 Å². The molecule has 2 aromatic carbocycles. The maximum absolute atomic E-state index is 12.7. The van der Waals surface area contributed by atoms with E-state index in [1.807, 2.05) is 30.3 Å². The molecule has 0 aliphatic rings. The minimum absolute atomic E-state index is 0.309. The molecule has 1 N–H and O–H groups in total. The van der Waals surface area contributed by atoms with Gasteiger partial charge in [-0.1, -0.05) is 30.3 Å². The number of carbonyl (C=O) groups excluding carboxylic acids is 1. The molecule has 0 saturated heterocycles. The van der Waals surface area contributed by atoms with Crippen LogP contribution in [0, 0.1) is 0 Å². The van der Waals surface area contributed by atoms with Crippen LogP contribution in [0.2, 0.25) is 0 Å². The predicted molar refractivity (Wildman–Crippen MR) is 101 cm³/mol. The molecule has 4 aromatic rings. The van der Waals surface area contributed by atoms with Gasteiger partial charge < -0.3 is 0 Å². The average Bonchev–Trinajstić information content (AvgIpc) is 3.10. The number of rotatable bonds is 3. The Morgan fingerprint density at radius 1 is 1.04 bits per heavy atom. The van der Waals surface area contributed by atoms with E-state index in [1.54, 1.807) is 28.9 Å². The van der Waals surface area contributed by atoms with Crippen molar-refractivity contribution in [1.29, 1.82) is 0 Å². The first-order valence-electron chi connectivity index (χ1n) is 7.72. The first kappa shape index (κ1) is 16.2. The van der Waals surface area contributed by atoms with Gasteiger partial charge >= 0.3 is 0 Å². The molecular formula is C18H12BrN5O2. The molecular weight excluding hydrogens is 398 g/mol. The smallest absolute Gasteiger partial charge is 0.267 e. The molecule has 26 heavy (non-hydrogen) atoms. The van der Waals surface area contributed by atoms with Gasteiger partial charge in [0.1, 0.15) is 11.7 Å². The molecule has 0 spiro atoms. The van der Waals surface area contributed by atoms with Gasteiger partial charge in [0.2, 0.25) is 0 Å². The van der Waals surface area contributed by atoms with Gasteiger partial charge in [0.15, 0.2) is 5.65 Å². The summed E-state index contributed by atoms with van der Waals surface area (Å²) in [4.78, 5) is 29.4. The monoisotopic (exact) mass is 409 g/mol. The van der Waals surface area contributed by atoms with Crippen LogP contribution in [0.3, 0.4) is 0 Å². The van der Waals surface area contributed by atoms with Gasteiger partial charge in [0.25, 0.3) is 11.5 Å². The van der Waals surface area contributed by atoms with Crippen molar-refractivity contribution in [3.63, 3.8) is 0 Å². The van der Waals surface area contributed by atoms with Crippen molar-refractivity contribution in [2.45, 2.75) is 0 Å². The lowest BCUT2D eigenvalue weighted by Crippen LogP contribution is -2.33. The summed E-state index contributed by atoms with van der Waals surface area (Å²) in [6, 6.07) is 16.3. The van der Waals surface area contributed by atoms with Crippen molar-refractivity contribution in [2.75, 3.05) is 5.43 Å². The van der Waals surface area contributed by atoms with Gasteiger partial charge in [-0.3, -0.25) is 15.0 Å². The summed E-state index contributed by atoms with van der Waals surface area (Å²) in [7, 11) is 0. The summed E-state index contributed by atoms with van der Waals surface area (Å²) in [5, 5.41) is 4.55. The molecule has 8 heteroatoms. The average molecular weight is 410 g/mol. The summed E-state index contributed by atoms with van der Waals surface area (Å²) in [5.41, 5.74) is 3.77. The number of hydrogen-bond acceptors (Lipinski definition) is 4. The van der Waals surface area contributed by atoms with Crippen LogP contribution in [-0.2, 0) is 0 Å². The number of carbonyl (C=O) groups is 1. The summed E-state index contributed by atoms with van der Waals surface area (Å²) in [6.45, 7) is 0. The molecule has 7 nitrogen and oxygen atoms in total. The molecule has 0 atom stereocenters. The highest BCUT2D eigenvalue weighted by atomic mass is 79.9. The zero-order chi connectivity index (χ0) is 18.1. The van der Waals surface area contributed by atoms with E-state index in [9.17, 15) is 9.59 Å². The standard InChI is InChI=1S/C18H12BrN5O2/c19-15-9-5-4-8-13(15)17(25)22-23-11-20-16-14(18(23)26)10-21-24(16)12-6-2-1-3-7-12/h1-11H,(H,22,25). The minimum Gasteiger partial charge on any atom is -0.267 e. The zero-order valence-corrected chi connectivity index (χ0v) is 14.9. The van der Waals surface area contributed by atoms with Gasteiger partial charge in [-0.25, -0.2) is 14.3 Å². The Morgan fingerprint density at radius 3 is 2.54 bits per heavy atom. The number of halogens is 1. The van der Waals surface area contributed by atoms with E-state index in [0.717, 1.165) is 10.4 Å². The van der Waals surface area contributed by atoms with Crippen LogP contribution in [0.5, 0.6) is 0 Å². The lowest BCUT2D eigenvalue weighted by molar-refractivity contribution is 0.101. The Balaban J connectivity index is 1.72. The number of amides is 1. The summed E-state index contributed by atoms with van der Waals surface area (Å²) in [5.74, 6) is -0.420. The highest BCUT2D eigenvalue weighted by molar-refractivity contribution is 9.10. The summed E-state index contributed by atoms with van der Waals surface area (Å²) in [6.07, 6.45) is 2.72. The second kappa shape index (κ2) is 6.57. The maximum atomic E-state index is 12.7. The van der Waals surface area contributed by atoms with Crippen LogP contribution in [0.25, 0.3) is 16.7 Å². The normalized spacial score (nSPS) is 10.8. The van der Waals surface area contributed by atoms with E-state index >= 15 is 0 Å². The molecule has 0 unspecified atom stereocenters. The zero-order valence-electron chi connectivity index (χ0n) is 13.3. The Bertz CT molecular complexity index is 1170. The Labute approximate surface area is 156 Å². The van der Waals surface area contributed by atoms with Gasteiger partial charge in [-0.15, -0.1) is 0 Å². The third-order valence-corrected chi connectivity index (χ3v) is 4.52. The van der Waals surface area contributed by atoms with Crippen molar-refractivity contribution in [2.24, 2.45) is 0 Å². The third-order valence-electron chi connectivity index (χ3n) is 3.83. The number of nitrogens with zero attached hydrogens (tertiary/aromatic N) is 4. The molecule has 2 aromatic heterocycles. The quantitative estimate of drug-likeness (QED) is 0.563. The second-order valence-electron chi connectivity index (χ2n) is 5.47. The van der Waals surface area contributed by atoms with Crippen molar-refractivity contribution in [3.8, 4) is 5.69 Å². The van der Waals surface area contributed by atoms with E-state index in [1.165, 1.54) is 12.5 Å². The van der Waals surface area contributed by atoms with Crippen LogP contribution >= 0.6 is 15.9 Å². The topological polar surface area (TPSA) is 81.8 Å². The van der Waals surface area contributed by atoms with Gasteiger partial charge in [0, 0.05) is 4.47 Å². The number of benzene rings is 2. The molecule has 0 fully saturated rings. The fourth-order valence-electron chi connectivity index (χ4n) is 2.56. The molecule has 0 aliphatic carbocycles. The summed E-state index contributed by atoms with van der Waals surface area (Å²) < 4.78 is 3.27. The largest absolute Gasteiger partial charge is 0.283 e. The SMILES string of the molecule is O=C(Nn1cnc2c(cnn2-c2ccccc2)c1=O)c1ccccc1Br. The van der Waals surface area contributed by atoms with E-state index in [0.29, 0.717) is 21.1 Å². The lowest BCUT2D eigenvalue weighted by atomic mass is 10.2. The molecule has 2 heterocycles. The Hall–Kier alpha value is -3.26. The highest BCUT2D eigenvalue weighted by Crippen LogP contribution is 2.16. The molecule has 4 rings (SSSR count). The number of para-hydroxylation sites is 1. The predicted octanol–water partition coefficient (Wildman–Crippen LogP) is 2.73. The lowest BCUT2D eigenvalue weighted by Gasteiger charge is -2.09. The van der Waals surface area contributed by atoms with Gasteiger partial charge in [0.05, 0.1) is 17.4 Å². The minimum atomic E-state index is -0.420. The maximum Gasteiger partial charge on any atom is 0.283 e. The fraction of sp³-hybridized carbons (Fsp3) is 0. The molecule has 0 saturated carbocycles. The van der Waals surface area contributed by atoms with Crippen molar-refractivity contribution in [1.82, 2.24) is 19.4 Å². The highest BCUT2D eigenvalue weighted by Gasteiger charge is 2.14. The van der Waals surface area contributed by atoms with Crippen molar-refractivity contribution >= 4 is 32.9 Å². The third kappa shape index (κ3) is 2.80. The van der Waals surface area contributed by atoms with E-state index < -0.39 is 11.5 Å². The number of hydrogen-bond donors (Lipinski definition) is 1. The van der Waals surface area contributed by atoms with Crippen LogP contribution in [-0.4, -0.2) is 25.3 Å². The van der Waals surface area contributed by atoms with Crippen LogP contribution < -0.4 is 11.0 Å². The second-order valence-corrected chi connectivity index (χ2v) is 6.32. The molecule has 0 bridgehead atoms. The summed E-state index contributed by atoms with van der Waals surface area (Å²) >= 11 is 3.32. The van der Waals surface area contributed by atoms with Gasteiger partial charge in [-0.05, 0) is 40.2 Å². The first-order chi connectivity index (χ1) is 12.6. The van der Waals surface area contributed by atoms with Crippen LogP contribution in [0.15, 0.2) is 76.4 Å². The van der Waals surface area contributed by atoms with Crippen LogP contribution in [0.1, 0.15) is 10.4 Å². The molecule has 0 radical (unpaired) electrons. The number of fused-ring (bicyclic) bond motifs is 1. The fourth-order valence-corrected chi connectivity index (χ4v) is 3.03. The van der Waals surface area contributed by atoms with Crippen molar-refractivity contribution in [3.05, 3.63) is 87.5 Å². The van der Waals surface area contributed by atoms with E-state index in [4.69, 9.17) is 0 Å². The Morgan fingerprint density at radius 2 is 1.77 bits per heavy atom. The number of nitrogens with one attached hydrogen (secondary N) is 1. The number of aromatic nitrogens is 4. The van der Waals surface area contributed by atoms with E-state index in [-0.39, 0.29) is 0 Å². The molecule has 128 valence electrons. The Kier molecular flexibility index (Phi) is 4.10. The molecule has 0 aliphatic heterocycles. The van der Waals surface area contributed by atoms with Gasteiger partial charge in [-0.2, -0.15) is 5.10 Å². The first-order valence-corrected chi connectivity index (χ1v) is 8.51. The van der Waals surface area contributed by atoms with Crippen LogP contribution in [0.4, 0.5) is 0 Å².